The first-order valence-corrected chi connectivity index (χ1v) is 9.41. The van der Waals surface area contributed by atoms with Gasteiger partial charge in [-0.2, -0.15) is 0 Å². The highest BCUT2D eigenvalue weighted by Crippen LogP contribution is 2.26. The van der Waals surface area contributed by atoms with Crippen molar-refractivity contribution in [2.24, 2.45) is 5.92 Å². The number of hydrogen-bond donors (Lipinski definition) is 1. The summed E-state index contributed by atoms with van der Waals surface area (Å²) in [5.41, 5.74) is 0.842. The summed E-state index contributed by atoms with van der Waals surface area (Å²) in [5, 5.41) is 2.75. The highest BCUT2D eigenvalue weighted by molar-refractivity contribution is 5.96. The summed E-state index contributed by atoms with van der Waals surface area (Å²) in [7, 11) is 1.48. The lowest BCUT2D eigenvalue weighted by atomic mass is 10.1. The van der Waals surface area contributed by atoms with E-state index in [0.29, 0.717) is 35.0 Å². The molecule has 0 radical (unpaired) electrons. The molecule has 9 heteroatoms. The van der Waals surface area contributed by atoms with E-state index in [1.165, 1.54) is 25.3 Å². The number of aryl methyl sites for hydroxylation is 1. The van der Waals surface area contributed by atoms with Crippen LogP contribution in [0.15, 0.2) is 39.6 Å². The van der Waals surface area contributed by atoms with Crippen LogP contribution in [0.3, 0.4) is 0 Å². The predicted molar refractivity (Wildman–Crippen MR) is 109 cm³/mol. The Kier molecular flexibility index (Phi) is 6.20. The number of fused-ring (bicyclic) bond motifs is 1. The van der Waals surface area contributed by atoms with E-state index in [0.717, 1.165) is 4.57 Å². The number of methoxy groups -OCH3 is 1. The molecule has 1 aromatic carbocycles. The SMILES string of the molecule is COc1ccc(C(=O)OCc2cc(=O)n3oc(C)cc3n2)cc1NC(=O)CC(C)C. The molecule has 0 saturated heterocycles. The molecule has 2 aromatic heterocycles. The third-order valence-corrected chi connectivity index (χ3v) is 4.18. The first-order valence-electron chi connectivity index (χ1n) is 9.41. The van der Waals surface area contributed by atoms with Crippen molar-refractivity contribution in [3.8, 4) is 5.75 Å². The van der Waals surface area contributed by atoms with E-state index >= 15 is 0 Å². The lowest BCUT2D eigenvalue weighted by molar-refractivity contribution is -0.116. The number of esters is 1. The molecule has 0 saturated carbocycles. The van der Waals surface area contributed by atoms with Crippen LogP contribution in [0.1, 0.15) is 42.1 Å². The smallest absolute Gasteiger partial charge is 0.338 e. The van der Waals surface area contributed by atoms with Gasteiger partial charge in [0.05, 0.1) is 24.1 Å². The van der Waals surface area contributed by atoms with E-state index in [4.69, 9.17) is 14.0 Å². The maximum atomic E-state index is 12.5. The van der Waals surface area contributed by atoms with Crippen molar-refractivity contribution in [2.75, 3.05) is 12.4 Å². The van der Waals surface area contributed by atoms with Crippen molar-refractivity contribution in [1.82, 2.24) is 9.56 Å². The number of ether oxygens (including phenoxy) is 2. The van der Waals surface area contributed by atoms with Gasteiger partial charge in [0.2, 0.25) is 5.91 Å². The molecule has 0 aliphatic heterocycles. The molecule has 0 spiro atoms. The number of carbonyl (C=O) groups excluding carboxylic acids is 2. The van der Waals surface area contributed by atoms with Crippen molar-refractivity contribution in [3.63, 3.8) is 0 Å². The average Bonchev–Trinajstić information content (AvgIpc) is 3.06. The maximum absolute atomic E-state index is 12.5. The number of anilines is 1. The minimum Gasteiger partial charge on any atom is -0.495 e. The number of nitrogens with one attached hydrogen (secondary N) is 1. The van der Waals surface area contributed by atoms with Gasteiger partial charge in [-0.15, -0.1) is 4.57 Å². The zero-order valence-electron chi connectivity index (χ0n) is 17.2. The Morgan fingerprint density at radius 3 is 2.70 bits per heavy atom. The van der Waals surface area contributed by atoms with E-state index in [9.17, 15) is 14.4 Å². The third kappa shape index (κ3) is 4.86. The van der Waals surface area contributed by atoms with Gasteiger partial charge in [0, 0.05) is 18.6 Å². The van der Waals surface area contributed by atoms with Gasteiger partial charge in [0.25, 0.3) is 5.56 Å². The van der Waals surface area contributed by atoms with Gasteiger partial charge in [-0.3, -0.25) is 9.59 Å². The van der Waals surface area contributed by atoms with Crippen molar-refractivity contribution in [1.29, 1.82) is 0 Å². The van der Waals surface area contributed by atoms with E-state index in [1.807, 2.05) is 13.8 Å². The lowest BCUT2D eigenvalue weighted by Gasteiger charge is -2.13. The van der Waals surface area contributed by atoms with Gasteiger partial charge in [-0.05, 0) is 31.0 Å². The second-order valence-electron chi connectivity index (χ2n) is 7.22. The highest BCUT2D eigenvalue weighted by atomic mass is 16.5. The second kappa shape index (κ2) is 8.81. The summed E-state index contributed by atoms with van der Waals surface area (Å²) in [5.74, 6) is 0.361. The fourth-order valence-electron chi connectivity index (χ4n) is 2.88. The molecule has 1 N–H and O–H groups in total. The zero-order chi connectivity index (χ0) is 21.8. The zero-order valence-corrected chi connectivity index (χ0v) is 17.2. The summed E-state index contributed by atoms with van der Waals surface area (Å²) >= 11 is 0. The van der Waals surface area contributed by atoms with Crippen LogP contribution in [-0.2, 0) is 16.1 Å². The van der Waals surface area contributed by atoms with Crippen molar-refractivity contribution in [2.45, 2.75) is 33.8 Å². The number of rotatable bonds is 7. The normalized spacial score (nSPS) is 11.0. The van der Waals surface area contributed by atoms with Gasteiger partial charge in [0.1, 0.15) is 18.1 Å². The summed E-state index contributed by atoms with van der Waals surface area (Å²) in [6.07, 6.45) is 0.342. The number of aromatic nitrogens is 2. The van der Waals surface area contributed by atoms with E-state index < -0.39 is 11.5 Å². The van der Waals surface area contributed by atoms with Crippen LogP contribution >= 0.6 is 0 Å². The van der Waals surface area contributed by atoms with Crippen molar-refractivity contribution < 1.29 is 23.6 Å². The number of benzene rings is 1. The van der Waals surface area contributed by atoms with Crippen LogP contribution < -0.4 is 15.6 Å². The Hall–Kier alpha value is -3.62. The third-order valence-electron chi connectivity index (χ3n) is 4.18. The molecule has 158 valence electrons. The molecular formula is C21H23N3O6. The Morgan fingerprint density at radius 2 is 2.00 bits per heavy atom. The van der Waals surface area contributed by atoms with Crippen molar-refractivity contribution >= 4 is 23.2 Å². The standard InChI is InChI=1S/C21H23N3O6/c1-12(2)7-19(25)23-16-9-14(5-6-17(16)28-4)21(27)29-11-15-10-20(26)24-18(22-15)8-13(3)30-24/h5-6,8-10,12H,7,11H2,1-4H3,(H,23,25). The Bertz CT molecular complexity index is 1150. The first kappa shape index (κ1) is 21.1. The van der Waals surface area contributed by atoms with Crippen LogP contribution in [0.2, 0.25) is 0 Å². The molecule has 1 amide bonds. The summed E-state index contributed by atoms with van der Waals surface area (Å²) in [4.78, 5) is 40.9. The molecule has 2 heterocycles. The minimum absolute atomic E-state index is 0.179. The topological polar surface area (TPSA) is 112 Å². The number of nitrogens with zero attached hydrogens (tertiary/aromatic N) is 2. The minimum atomic E-state index is -0.623. The molecule has 0 atom stereocenters. The second-order valence-corrected chi connectivity index (χ2v) is 7.22. The van der Waals surface area contributed by atoms with Gasteiger partial charge >= 0.3 is 5.97 Å². The summed E-state index contributed by atoms with van der Waals surface area (Å²) < 4.78 is 16.8. The molecule has 0 fully saturated rings. The number of amides is 1. The molecule has 0 aliphatic rings. The molecular weight excluding hydrogens is 390 g/mol. The number of hydrogen-bond acceptors (Lipinski definition) is 7. The van der Waals surface area contributed by atoms with Crippen LogP contribution in [0.4, 0.5) is 5.69 Å². The van der Waals surface area contributed by atoms with E-state index in [2.05, 4.69) is 10.3 Å². The Labute approximate surface area is 172 Å². The number of carbonyl (C=O) groups is 2. The maximum Gasteiger partial charge on any atom is 0.338 e. The van der Waals surface area contributed by atoms with Crippen LogP contribution in [0.5, 0.6) is 5.75 Å². The van der Waals surface area contributed by atoms with E-state index in [-0.39, 0.29) is 24.0 Å². The Balaban J connectivity index is 1.74. The van der Waals surface area contributed by atoms with Gasteiger partial charge in [-0.1, -0.05) is 13.8 Å². The quantitative estimate of drug-likeness (QED) is 0.593. The predicted octanol–water partition coefficient (Wildman–Crippen LogP) is 2.95. The highest BCUT2D eigenvalue weighted by Gasteiger charge is 2.15. The summed E-state index contributed by atoms with van der Waals surface area (Å²) in [6.45, 7) is 5.39. The van der Waals surface area contributed by atoms with E-state index in [1.54, 1.807) is 19.1 Å². The molecule has 3 aromatic rings. The first-order chi connectivity index (χ1) is 14.3. The fraction of sp³-hybridized carbons (Fsp3) is 0.333. The van der Waals surface area contributed by atoms with Crippen LogP contribution in [0, 0.1) is 12.8 Å². The molecule has 30 heavy (non-hydrogen) atoms. The van der Waals surface area contributed by atoms with Gasteiger partial charge < -0.3 is 19.3 Å². The average molecular weight is 413 g/mol. The fourth-order valence-corrected chi connectivity index (χ4v) is 2.88. The monoisotopic (exact) mass is 413 g/mol. The van der Waals surface area contributed by atoms with Crippen molar-refractivity contribution in [3.05, 3.63) is 57.7 Å². The van der Waals surface area contributed by atoms with Gasteiger partial charge in [-0.25, -0.2) is 9.78 Å². The summed E-state index contributed by atoms with van der Waals surface area (Å²) in [6, 6.07) is 7.46. The lowest BCUT2D eigenvalue weighted by Crippen LogP contribution is -2.16. The van der Waals surface area contributed by atoms with Gasteiger partial charge in [0.15, 0.2) is 5.65 Å². The molecule has 0 bridgehead atoms. The largest absolute Gasteiger partial charge is 0.495 e. The molecule has 3 rings (SSSR count). The molecule has 0 aliphatic carbocycles. The van der Waals surface area contributed by atoms with Crippen LogP contribution in [-0.4, -0.2) is 28.5 Å². The Morgan fingerprint density at radius 1 is 1.23 bits per heavy atom. The molecule has 0 unspecified atom stereocenters. The molecule has 9 nitrogen and oxygen atoms in total. The van der Waals surface area contributed by atoms with Crippen LogP contribution in [0.25, 0.3) is 5.65 Å².